The molecule has 0 saturated carbocycles. The molecular weight excluding hydrogens is 264 g/mol. The summed E-state index contributed by atoms with van der Waals surface area (Å²) in [6.07, 6.45) is 1.57. The van der Waals surface area contributed by atoms with Gasteiger partial charge in [-0.05, 0) is 13.0 Å². The van der Waals surface area contributed by atoms with Crippen molar-refractivity contribution in [2.45, 2.75) is 13.5 Å². The van der Waals surface area contributed by atoms with Crippen LogP contribution in [0.5, 0.6) is 5.75 Å². The van der Waals surface area contributed by atoms with Crippen molar-refractivity contribution in [2.24, 2.45) is 0 Å². The third-order valence-corrected chi connectivity index (χ3v) is 2.83. The second-order valence-corrected chi connectivity index (χ2v) is 4.13. The highest BCUT2D eigenvalue weighted by Crippen LogP contribution is 2.29. The van der Waals surface area contributed by atoms with Gasteiger partial charge in [-0.3, -0.25) is 20.0 Å². The number of aromatic amines is 1. The van der Waals surface area contributed by atoms with Crippen molar-refractivity contribution in [3.63, 3.8) is 0 Å². The van der Waals surface area contributed by atoms with E-state index in [4.69, 9.17) is 0 Å². The zero-order chi connectivity index (χ0) is 14.7. The van der Waals surface area contributed by atoms with Crippen molar-refractivity contribution < 1.29 is 14.8 Å². The molecule has 2 rings (SSSR count). The second kappa shape index (κ2) is 5.39. The Kier molecular flexibility index (Phi) is 3.65. The summed E-state index contributed by atoms with van der Waals surface area (Å²) in [5, 5.41) is 29.5. The minimum atomic E-state index is -0.744. The molecule has 8 heteroatoms. The van der Waals surface area contributed by atoms with E-state index in [9.17, 15) is 20.0 Å². The normalized spacial score (nSPS) is 10.2. The summed E-state index contributed by atoms with van der Waals surface area (Å²) in [6.45, 7) is 2.02. The van der Waals surface area contributed by atoms with Gasteiger partial charge in [0.1, 0.15) is 0 Å². The maximum atomic E-state index is 11.9. The lowest BCUT2D eigenvalue weighted by Crippen LogP contribution is -2.23. The van der Waals surface area contributed by atoms with Gasteiger partial charge in [0.15, 0.2) is 0 Å². The zero-order valence-corrected chi connectivity index (χ0v) is 10.6. The molecular formula is C12H12N4O4. The second-order valence-electron chi connectivity index (χ2n) is 4.13. The van der Waals surface area contributed by atoms with Crippen LogP contribution >= 0.6 is 0 Å². The Balaban J connectivity index is 2.16. The molecule has 0 aliphatic heterocycles. The lowest BCUT2D eigenvalue weighted by molar-refractivity contribution is -0.385. The van der Waals surface area contributed by atoms with Gasteiger partial charge in [-0.1, -0.05) is 6.07 Å². The van der Waals surface area contributed by atoms with Crippen LogP contribution in [0.15, 0.2) is 24.4 Å². The van der Waals surface area contributed by atoms with Crippen molar-refractivity contribution >= 4 is 11.6 Å². The summed E-state index contributed by atoms with van der Waals surface area (Å²) in [7, 11) is 0. The van der Waals surface area contributed by atoms with Gasteiger partial charge >= 0.3 is 5.69 Å². The van der Waals surface area contributed by atoms with Crippen LogP contribution in [0.2, 0.25) is 0 Å². The Labute approximate surface area is 113 Å². The smallest absolute Gasteiger partial charge is 0.311 e. The van der Waals surface area contributed by atoms with Crippen LogP contribution in [-0.2, 0) is 6.54 Å². The predicted molar refractivity (Wildman–Crippen MR) is 69.3 cm³/mol. The predicted octanol–water partition coefficient (Wildman–Crippen LogP) is 1.26. The number of hydrogen-bond acceptors (Lipinski definition) is 5. The van der Waals surface area contributed by atoms with Gasteiger partial charge < -0.3 is 10.4 Å². The Morgan fingerprint density at radius 1 is 1.55 bits per heavy atom. The topological polar surface area (TPSA) is 121 Å². The number of aryl methyl sites for hydroxylation is 1. The fourth-order valence-corrected chi connectivity index (χ4v) is 1.69. The number of aromatic nitrogens is 2. The maximum absolute atomic E-state index is 11.9. The first-order valence-electron chi connectivity index (χ1n) is 5.74. The first kappa shape index (κ1) is 13.5. The maximum Gasteiger partial charge on any atom is 0.311 e. The number of aromatic hydroxyl groups is 1. The van der Waals surface area contributed by atoms with E-state index < -0.39 is 22.3 Å². The fraction of sp³-hybridized carbons (Fsp3) is 0.167. The number of nitrogens with one attached hydrogen (secondary N) is 2. The monoisotopic (exact) mass is 276 g/mol. The number of nitrogens with zero attached hydrogens (tertiary/aromatic N) is 2. The van der Waals surface area contributed by atoms with Gasteiger partial charge in [0, 0.05) is 23.9 Å². The number of carbonyl (C=O) groups excluding carboxylic acids is 1. The fourth-order valence-electron chi connectivity index (χ4n) is 1.69. The number of rotatable bonds is 4. The van der Waals surface area contributed by atoms with E-state index in [1.165, 1.54) is 12.1 Å². The van der Waals surface area contributed by atoms with Gasteiger partial charge in [-0.15, -0.1) is 0 Å². The number of benzene rings is 1. The van der Waals surface area contributed by atoms with Crippen molar-refractivity contribution in [1.29, 1.82) is 0 Å². The highest BCUT2D eigenvalue weighted by molar-refractivity contribution is 5.98. The van der Waals surface area contributed by atoms with Crippen LogP contribution in [-0.4, -0.2) is 26.1 Å². The Morgan fingerprint density at radius 3 is 2.90 bits per heavy atom. The highest BCUT2D eigenvalue weighted by atomic mass is 16.6. The molecule has 0 bridgehead atoms. The highest BCUT2D eigenvalue weighted by Gasteiger charge is 2.20. The zero-order valence-electron chi connectivity index (χ0n) is 10.6. The van der Waals surface area contributed by atoms with E-state index in [0.717, 1.165) is 17.3 Å². The first-order valence-corrected chi connectivity index (χ1v) is 5.74. The molecule has 1 aromatic carbocycles. The third-order valence-electron chi connectivity index (χ3n) is 2.83. The number of phenolic OH excluding ortho intramolecular Hbond substituents is 1. The van der Waals surface area contributed by atoms with E-state index in [0.29, 0.717) is 0 Å². The molecule has 1 aromatic heterocycles. The molecule has 0 atom stereocenters. The van der Waals surface area contributed by atoms with Gasteiger partial charge in [0.05, 0.1) is 16.7 Å². The van der Waals surface area contributed by atoms with Crippen LogP contribution in [0.3, 0.4) is 0 Å². The third kappa shape index (κ3) is 2.58. The van der Waals surface area contributed by atoms with Gasteiger partial charge in [0.2, 0.25) is 5.75 Å². The minimum absolute atomic E-state index is 0.139. The van der Waals surface area contributed by atoms with E-state index in [1.807, 2.05) is 0 Å². The molecule has 1 amide bonds. The Hall–Kier alpha value is -2.90. The molecule has 0 fully saturated rings. The van der Waals surface area contributed by atoms with Gasteiger partial charge in [-0.2, -0.15) is 5.10 Å². The summed E-state index contributed by atoms with van der Waals surface area (Å²) in [5.74, 6) is -1.23. The van der Waals surface area contributed by atoms with E-state index in [1.54, 1.807) is 13.1 Å². The quantitative estimate of drug-likeness (QED) is 0.573. The number of amides is 1. The van der Waals surface area contributed by atoms with Crippen LogP contribution in [0.1, 0.15) is 21.6 Å². The Morgan fingerprint density at radius 2 is 2.30 bits per heavy atom. The summed E-state index contributed by atoms with van der Waals surface area (Å²) >= 11 is 0. The van der Waals surface area contributed by atoms with Gasteiger partial charge in [0.25, 0.3) is 5.91 Å². The van der Waals surface area contributed by atoms with Crippen LogP contribution < -0.4 is 5.32 Å². The van der Waals surface area contributed by atoms with Crippen molar-refractivity contribution in [1.82, 2.24) is 15.5 Å². The van der Waals surface area contributed by atoms with E-state index >= 15 is 0 Å². The van der Waals surface area contributed by atoms with Crippen molar-refractivity contribution in [3.8, 4) is 5.75 Å². The number of nitro groups is 1. The SMILES string of the molecule is Cc1[nH]ncc1CNC(=O)c1cccc([N+](=O)[O-])c1O. The summed E-state index contributed by atoms with van der Waals surface area (Å²) in [4.78, 5) is 21.9. The first-order chi connectivity index (χ1) is 9.50. The number of para-hydroxylation sites is 1. The number of nitro benzene ring substituents is 1. The van der Waals surface area contributed by atoms with Gasteiger partial charge in [-0.25, -0.2) is 0 Å². The average molecular weight is 276 g/mol. The van der Waals surface area contributed by atoms with Crippen LogP contribution in [0, 0.1) is 17.0 Å². The van der Waals surface area contributed by atoms with Crippen molar-refractivity contribution in [2.75, 3.05) is 0 Å². The largest absolute Gasteiger partial charge is 0.502 e. The molecule has 0 saturated heterocycles. The molecule has 104 valence electrons. The lowest BCUT2D eigenvalue weighted by Gasteiger charge is -2.06. The van der Waals surface area contributed by atoms with Crippen LogP contribution in [0.25, 0.3) is 0 Å². The number of phenols is 1. The molecule has 0 spiro atoms. The molecule has 0 aliphatic carbocycles. The summed E-state index contributed by atoms with van der Waals surface area (Å²) < 4.78 is 0. The molecule has 0 unspecified atom stereocenters. The number of hydrogen-bond donors (Lipinski definition) is 3. The number of H-pyrrole nitrogens is 1. The summed E-state index contributed by atoms with van der Waals surface area (Å²) in [5.41, 5.74) is 0.967. The summed E-state index contributed by atoms with van der Waals surface area (Å²) in [6, 6.07) is 3.79. The van der Waals surface area contributed by atoms with Crippen molar-refractivity contribution in [3.05, 3.63) is 51.3 Å². The lowest BCUT2D eigenvalue weighted by atomic mass is 10.1. The molecule has 8 nitrogen and oxygen atoms in total. The standard InChI is InChI=1S/C12H12N4O4/c1-7-8(6-14-15-7)5-13-12(18)9-3-2-4-10(11(9)17)16(19)20/h2-4,6,17H,5H2,1H3,(H,13,18)(H,14,15). The molecule has 0 radical (unpaired) electrons. The minimum Gasteiger partial charge on any atom is -0.502 e. The number of carbonyl (C=O) groups is 1. The van der Waals surface area contributed by atoms with E-state index in [-0.39, 0.29) is 12.1 Å². The van der Waals surface area contributed by atoms with Crippen LogP contribution in [0.4, 0.5) is 5.69 Å². The van der Waals surface area contributed by atoms with E-state index in [2.05, 4.69) is 15.5 Å². The average Bonchev–Trinajstić information content (AvgIpc) is 2.81. The molecule has 3 N–H and O–H groups in total. The molecule has 20 heavy (non-hydrogen) atoms. The molecule has 2 aromatic rings. The molecule has 1 heterocycles. The molecule has 0 aliphatic rings. The Bertz CT molecular complexity index is 665.